The van der Waals surface area contributed by atoms with Crippen LogP contribution in [0.2, 0.25) is 0 Å². The second kappa shape index (κ2) is 13.2. The molecule has 1 aromatic carbocycles. The number of hydrogen-bond donors (Lipinski definition) is 1. The molecule has 0 saturated carbocycles. The first-order chi connectivity index (χ1) is 18.9. The van der Waals surface area contributed by atoms with Gasteiger partial charge in [0.05, 0.1) is 6.04 Å². The van der Waals surface area contributed by atoms with Crippen molar-refractivity contribution >= 4 is 12.0 Å². The molecule has 39 heavy (non-hydrogen) atoms. The summed E-state index contributed by atoms with van der Waals surface area (Å²) in [6, 6.07) is 13.0. The molecule has 2 amide bonds. The number of aromatic nitrogens is 1. The molecule has 10 nitrogen and oxygen atoms in total. The summed E-state index contributed by atoms with van der Waals surface area (Å²) in [4.78, 5) is 33.5. The lowest BCUT2D eigenvalue weighted by atomic mass is 9.75. The average Bonchev–Trinajstić information content (AvgIpc) is 2.94. The molecule has 1 aromatic heterocycles. The predicted octanol–water partition coefficient (Wildman–Crippen LogP) is 3.37. The summed E-state index contributed by atoms with van der Waals surface area (Å²) in [6.07, 6.45) is 3.55. The van der Waals surface area contributed by atoms with Crippen molar-refractivity contribution in [3.63, 3.8) is 0 Å². The number of aliphatic hydroxyl groups is 1. The van der Waals surface area contributed by atoms with Gasteiger partial charge in [-0.3, -0.25) is 9.78 Å². The standard InChI is InChI=1S/C29H39N3O7/c1-21(2)15-26-29(38-20-33,27(34)32(26)19-36-3)17-23-16-25(9-12-30-23)39-24-10-13-31(14-11-24)28(35)37-18-22-7-5-4-6-8-22/h4-9,12,16,21,24,26,33H,10-11,13-15,17-20H2,1-3H3/t26-,29+/m0/s1. The molecule has 212 valence electrons. The molecule has 0 unspecified atom stereocenters. The Morgan fingerprint density at radius 1 is 1.18 bits per heavy atom. The Morgan fingerprint density at radius 3 is 2.59 bits per heavy atom. The molecular weight excluding hydrogens is 502 g/mol. The van der Waals surface area contributed by atoms with E-state index in [-0.39, 0.29) is 43.9 Å². The van der Waals surface area contributed by atoms with Crippen LogP contribution in [0.3, 0.4) is 0 Å². The molecule has 10 heteroatoms. The van der Waals surface area contributed by atoms with Crippen molar-refractivity contribution in [3.05, 3.63) is 59.9 Å². The number of benzene rings is 1. The number of hydrogen-bond acceptors (Lipinski definition) is 8. The van der Waals surface area contributed by atoms with Crippen molar-refractivity contribution in [2.45, 2.75) is 63.9 Å². The lowest BCUT2D eigenvalue weighted by Crippen LogP contribution is -2.76. The minimum atomic E-state index is -1.20. The second-order valence-electron chi connectivity index (χ2n) is 10.5. The van der Waals surface area contributed by atoms with Gasteiger partial charge in [0.25, 0.3) is 5.91 Å². The van der Waals surface area contributed by atoms with Crippen LogP contribution < -0.4 is 4.74 Å². The number of pyridine rings is 1. The van der Waals surface area contributed by atoms with Gasteiger partial charge in [0.2, 0.25) is 0 Å². The molecule has 3 heterocycles. The second-order valence-corrected chi connectivity index (χ2v) is 10.5. The highest BCUT2D eigenvalue weighted by Gasteiger charge is 2.61. The summed E-state index contributed by atoms with van der Waals surface area (Å²) >= 11 is 0. The molecule has 0 bridgehead atoms. The van der Waals surface area contributed by atoms with Crippen LogP contribution in [0, 0.1) is 5.92 Å². The van der Waals surface area contributed by atoms with E-state index in [0.717, 1.165) is 5.56 Å². The zero-order valence-electron chi connectivity index (χ0n) is 23.0. The molecule has 2 atom stereocenters. The van der Waals surface area contributed by atoms with E-state index in [2.05, 4.69) is 18.8 Å². The Morgan fingerprint density at radius 2 is 1.92 bits per heavy atom. The lowest BCUT2D eigenvalue weighted by Gasteiger charge is -2.55. The largest absolute Gasteiger partial charge is 0.490 e. The van der Waals surface area contributed by atoms with E-state index >= 15 is 0 Å². The Balaban J connectivity index is 1.34. The number of likely N-dealkylation sites (tertiary alicyclic amines) is 2. The van der Waals surface area contributed by atoms with Gasteiger partial charge in [0.1, 0.15) is 32.0 Å². The molecule has 0 aliphatic carbocycles. The van der Waals surface area contributed by atoms with Crippen LogP contribution in [0.15, 0.2) is 48.7 Å². The monoisotopic (exact) mass is 541 g/mol. The number of β-lactam (4-membered cyclic amide) rings is 1. The van der Waals surface area contributed by atoms with Gasteiger partial charge in [-0.15, -0.1) is 0 Å². The van der Waals surface area contributed by atoms with Crippen molar-refractivity contribution in [1.29, 1.82) is 0 Å². The highest BCUT2D eigenvalue weighted by molar-refractivity contribution is 5.93. The van der Waals surface area contributed by atoms with Crippen LogP contribution in [-0.4, -0.2) is 83.4 Å². The minimum absolute atomic E-state index is 0.0581. The van der Waals surface area contributed by atoms with Crippen LogP contribution in [0.5, 0.6) is 5.75 Å². The van der Waals surface area contributed by atoms with Gasteiger partial charge < -0.3 is 33.9 Å². The van der Waals surface area contributed by atoms with Crippen LogP contribution in [-0.2, 0) is 32.0 Å². The predicted molar refractivity (Wildman–Crippen MR) is 143 cm³/mol. The number of aliphatic hydroxyl groups excluding tert-OH is 1. The fourth-order valence-corrected chi connectivity index (χ4v) is 5.34. The molecule has 2 aliphatic heterocycles. The number of carbonyl (C=O) groups is 2. The maximum Gasteiger partial charge on any atom is 0.410 e. The summed E-state index contributed by atoms with van der Waals surface area (Å²) in [6.45, 7) is 5.11. The van der Waals surface area contributed by atoms with Crippen LogP contribution in [0.1, 0.15) is 44.4 Å². The third-order valence-corrected chi connectivity index (χ3v) is 7.26. The summed E-state index contributed by atoms with van der Waals surface area (Å²) < 4.78 is 22.6. The van der Waals surface area contributed by atoms with E-state index in [4.69, 9.17) is 18.9 Å². The Kier molecular flexibility index (Phi) is 9.77. The maximum absolute atomic E-state index is 13.2. The Hall–Kier alpha value is -3.21. The van der Waals surface area contributed by atoms with Crippen LogP contribution in [0.25, 0.3) is 0 Å². The molecule has 1 N–H and O–H groups in total. The van der Waals surface area contributed by atoms with Gasteiger partial charge in [-0.05, 0) is 24.0 Å². The summed E-state index contributed by atoms with van der Waals surface area (Å²) in [5.74, 6) is 0.738. The number of amides is 2. The topological polar surface area (TPSA) is 111 Å². The van der Waals surface area contributed by atoms with E-state index in [1.165, 1.54) is 0 Å². The van der Waals surface area contributed by atoms with E-state index in [1.807, 2.05) is 36.4 Å². The normalized spacial score (nSPS) is 21.7. The van der Waals surface area contributed by atoms with E-state index < -0.39 is 12.4 Å². The number of rotatable bonds is 12. The van der Waals surface area contributed by atoms with E-state index in [1.54, 1.807) is 29.2 Å². The molecule has 0 radical (unpaired) electrons. The molecule has 2 saturated heterocycles. The maximum atomic E-state index is 13.2. The first-order valence-electron chi connectivity index (χ1n) is 13.5. The van der Waals surface area contributed by atoms with Crippen molar-refractivity contribution in [2.75, 3.05) is 33.7 Å². The molecule has 2 aromatic rings. The van der Waals surface area contributed by atoms with Crippen molar-refractivity contribution in [3.8, 4) is 5.75 Å². The molecule has 2 aliphatic rings. The van der Waals surface area contributed by atoms with Gasteiger partial charge in [-0.25, -0.2) is 4.79 Å². The molecule has 0 spiro atoms. The SMILES string of the molecule is COCN1C(=O)[C@](Cc2cc(OC3CCN(C(=O)OCc4ccccc4)CC3)ccn2)(OCO)[C@@H]1CC(C)C. The summed E-state index contributed by atoms with van der Waals surface area (Å²) in [7, 11) is 1.55. The van der Waals surface area contributed by atoms with Crippen LogP contribution >= 0.6 is 0 Å². The highest BCUT2D eigenvalue weighted by Crippen LogP contribution is 2.41. The molecule has 4 rings (SSSR count). The van der Waals surface area contributed by atoms with Crippen molar-refractivity contribution < 1.29 is 33.6 Å². The molecule has 2 fully saturated rings. The lowest BCUT2D eigenvalue weighted by molar-refractivity contribution is -0.232. The number of methoxy groups -OCH3 is 1. The van der Waals surface area contributed by atoms with Crippen molar-refractivity contribution in [1.82, 2.24) is 14.8 Å². The smallest absolute Gasteiger partial charge is 0.410 e. The van der Waals surface area contributed by atoms with Gasteiger partial charge in [-0.2, -0.15) is 0 Å². The average molecular weight is 542 g/mol. The fraction of sp³-hybridized carbons (Fsp3) is 0.552. The Labute approximate surface area is 229 Å². The van der Waals surface area contributed by atoms with Crippen LogP contribution in [0.4, 0.5) is 4.79 Å². The number of ether oxygens (including phenoxy) is 4. The first-order valence-corrected chi connectivity index (χ1v) is 13.5. The zero-order chi connectivity index (χ0) is 27.8. The van der Waals surface area contributed by atoms with Gasteiger partial charge in [0, 0.05) is 57.4 Å². The first kappa shape index (κ1) is 28.8. The number of carbonyl (C=O) groups excluding carboxylic acids is 2. The summed E-state index contributed by atoms with van der Waals surface area (Å²) in [5.41, 5.74) is 0.394. The van der Waals surface area contributed by atoms with Gasteiger partial charge in [-0.1, -0.05) is 44.2 Å². The zero-order valence-corrected chi connectivity index (χ0v) is 23.0. The summed E-state index contributed by atoms with van der Waals surface area (Å²) in [5, 5.41) is 9.65. The highest BCUT2D eigenvalue weighted by atomic mass is 16.6. The Bertz CT molecular complexity index is 1090. The fourth-order valence-electron chi connectivity index (χ4n) is 5.34. The minimum Gasteiger partial charge on any atom is -0.490 e. The third-order valence-electron chi connectivity index (χ3n) is 7.26. The molecular formula is C29H39N3O7. The van der Waals surface area contributed by atoms with Crippen molar-refractivity contribution in [2.24, 2.45) is 5.92 Å². The van der Waals surface area contributed by atoms with Gasteiger partial charge >= 0.3 is 6.09 Å². The number of nitrogens with zero attached hydrogens (tertiary/aromatic N) is 3. The van der Waals surface area contributed by atoms with Gasteiger partial charge in [0.15, 0.2) is 5.60 Å². The number of piperidine rings is 1. The third kappa shape index (κ3) is 6.87. The van der Waals surface area contributed by atoms with E-state index in [9.17, 15) is 14.7 Å². The van der Waals surface area contributed by atoms with E-state index in [0.29, 0.717) is 49.7 Å². The quantitative estimate of drug-likeness (QED) is 0.322.